The number of pyridine rings is 1. The van der Waals surface area contributed by atoms with Gasteiger partial charge in [0, 0.05) is 16.7 Å². The zero-order valence-electron chi connectivity index (χ0n) is 13.9. The van der Waals surface area contributed by atoms with E-state index in [1.165, 1.54) is 23.9 Å². The number of carbonyl (C=O) groups is 2. The lowest BCUT2D eigenvalue weighted by atomic mass is 10.0. The third-order valence-electron chi connectivity index (χ3n) is 3.83. The molecule has 2 aromatic carbocycles. The molecule has 0 saturated heterocycles. The molecule has 0 aliphatic heterocycles. The highest BCUT2D eigenvalue weighted by Crippen LogP contribution is 2.25. The van der Waals surface area contributed by atoms with Gasteiger partial charge in [-0.2, -0.15) is 0 Å². The molecule has 0 atom stereocenters. The second kappa shape index (κ2) is 7.53. The van der Waals surface area contributed by atoms with Gasteiger partial charge in [-0.3, -0.25) is 9.59 Å². The van der Waals surface area contributed by atoms with Crippen molar-refractivity contribution in [2.75, 3.05) is 12.4 Å². The molecule has 7 heteroatoms. The third kappa shape index (κ3) is 3.83. The summed E-state index contributed by atoms with van der Waals surface area (Å²) in [5.74, 6) is -0.976. The quantitative estimate of drug-likeness (QED) is 0.664. The highest BCUT2D eigenvalue weighted by Gasteiger charge is 2.16. The van der Waals surface area contributed by atoms with Crippen molar-refractivity contribution in [1.29, 1.82) is 0 Å². The minimum atomic E-state index is -0.550. The summed E-state index contributed by atoms with van der Waals surface area (Å²) in [6.07, 6.45) is 1.53. The average molecular weight is 415 g/mol. The fraction of sp³-hybridized carbons (Fsp3) is 0.105. The molecule has 0 saturated carbocycles. The molecule has 0 radical (unpaired) electrons. The number of benzene rings is 2. The lowest BCUT2D eigenvalue weighted by Crippen LogP contribution is -2.27. The van der Waals surface area contributed by atoms with E-state index in [1.54, 1.807) is 18.2 Å². The fourth-order valence-electron chi connectivity index (χ4n) is 2.59. The first-order chi connectivity index (χ1) is 12.5. The molecule has 3 rings (SSSR count). The van der Waals surface area contributed by atoms with Crippen molar-refractivity contribution in [2.24, 2.45) is 0 Å². The number of fused-ring (bicyclic) bond motifs is 1. The number of methoxy groups -OCH3 is 1. The SMILES string of the molecule is COC(=O)c1cc2ccccc2cc1NC(=O)Cn1cc(Br)ccc1=O. The molecule has 3 aromatic rings. The van der Waals surface area contributed by atoms with Crippen LogP contribution in [0.3, 0.4) is 0 Å². The van der Waals surface area contributed by atoms with Crippen LogP contribution in [0.25, 0.3) is 10.8 Å². The van der Waals surface area contributed by atoms with Gasteiger partial charge in [-0.25, -0.2) is 4.79 Å². The van der Waals surface area contributed by atoms with Crippen molar-refractivity contribution in [1.82, 2.24) is 4.57 Å². The predicted octanol–water partition coefficient (Wildman–Crippen LogP) is 3.19. The second-order valence-electron chi connectivity index (χ2n) is 5.60. The lowest BCUT2D eigenvalue weighted by molar-refractivity contribution is -0.116. The van der Waals surface area contributed by atoms with Crippen LogP contribution in [0.4, 0.5) is 5.69 Å². The molecule has 26 heavy (non-hydrogen) atoms. The Labute approximate surface area is 157 Å². The number of aromatic nitrogens is 1. The van der Waals surface area contributed by atoms with Crippen LogP contribution >= 0.6 is 15.9 Å². The fourth-order valence-corrected chi connectivity index (χ4v) is 2.97. The zero-order chi connectivity index (χ0) is 18.7. The van der Waals surface area contributed by atoms with E-state index in [-0.39, 0.29) is 17.7 Å². The van der Waals surface area contributed by atoms with Crippen LogP contribution in [0.2, 0.25) is 0 Å². The van der Waals surface area contributed by atoms with E-state index in [4.69, 9.17) is 4.74 Å². The van der Waals surface area contributed by atoms with Gasteiger partial charge in [0.25, 0.3) is 5.56 Å². The summed E-state index contributed by atoms with van der Waals surface area (Å²) >= 11 is 3.27. The molecule has 0 spiro atoms. The first-order valence-electron chi connectivity index (χ1n) is 7.75. The number of rotatable bonds is 4. The molecule has 0 fully saturated rings. The van der Waals surface area contributed by atoms with Crippen LogP contribution in [0.1, 0.15) is 10.4 Å². The van der Waals surface area contributed by atoms with Gasteiger partial charge in [0.15, 0.2) is 0 Å². The normalized spacial score (nSPS) is 10.5. The van der Waals surface area contributed by atoms with Gasteiger partial charge < -0.3 is 14.6 Å². The number of halogens is 1. The molecule has 1 amide bonds. The zero-order valence-corrected chi connectivity index (χ0v) is 15.4. The second-order valence-corrected chi connectivity index (χ2v) is 6.51. The average Bonchev–Trinajstić information content (AvgIpc) is 2.63. The molecule has 132 valence electrons. The highest BCUT2D eigenvalue weighted by molar-refractivity contribution is 9.10. The Kier molecular flexibility index (Phi) is 5.18. The predicted molar refractivity (Wildman–Crippen MR) is 102 cm³/mol. The number of ether oxygens (including phenoxy) is 1. The van der Waals surface area contributed by atoms with Crippen molar-refractivity contribution in [3.8, 4) is 0 Å². The summed E-state index contributed by atoms with van der Waals surface area (Å²) in [7, 11) is 1.28. The maximum atomic E-state index is 12.4. The number of nitrogens with zero attached hydrogens (tertiary/aromatic N) is 1. The lowest BCUT2D eigenvalue weighted by Gasteiger charge is -2.12. The number of carbonyl (C=O) groups excluding carboxylic acids is 2. The van der Waals surface area contributed by atoms with Crippen molar-refractivity contribution in [3.63, 3.8) is 0 Å². The topological polar surface area (TPSA) is 77.4 Å². The molecule has 0 aliphatic rings. The number of esters is 1. The first kappa shape index (κ1) is 17.9. The van der Waals surface area contributed by atoms with Crippen LogP contribution in [-0.4, -0.2) is 23.6 Å². The van der Waals surface area contributed by atoms with Gasteiger partial charge in [0.2, 0.25) is 5.91 Å². The number of anilines is 1. The molecule has 0 unspecified atom stereocenters. The minimum Gasteiger partial charge on any atom is -0.465 e. The summed E-state index contributed by atoms with van der Waals surface area (Å²) in [5, 5.41) is 4.42. The van der Waals surface area contributed by atoms with E-state index in [9.17, 15) is 14.4 Å². The van der Waals surface area contributed by atoms with Gasteiger partial charge in [-0.1, -0.05) is 24.3 Å². The van der Waals surface area contributed by atoms with Gasteiger partial charge in [-0.15, -0.1) is 0 Å². The Morgan fingerprint density at radius 2 is 1.81 bits per heavy atom. The van der Waals surface area contributed by atoms with Crippen molar-refractivity contribution in [2.45, 2.75) is 6.54 Å². The Morgan fingerprint density at radius 3 is 2.50 bits per heavy atom. The smallest absolute Gasteiger partial charge is 0.339 e. The number of nitrogens with one attached hydrogen (secondary N) is 1. The Hall–Kier alpha value is -2.93. The summed E-state index contributed by atoms with van der Waals surface area (Å²) in [4.78, 5) is 36.3. The van der Waals surface area contributed by atoms with E-state index in [2.05, 4.69) is 21.2 Å². The summed E-state index contributed by atoms with van der Waals surface area (Å²) in [6.45, 7) is -0.175. The molecule has 1 N–H and O–H groups in total. The van der Waals surface area contributed by atoms with E-state index < -0.39 is 11.9 Å². The maximum Gasteiger partial charge on any atom is 0.339 e. The van der Waals surface area contributed by atoms with Gasteiger partial charge in [0.05, 0.1) is 18.4 Å². The molecule has 0 bridgehead atoms. The largest absolute Gasteiger partial charge is 0.465 e. The van der Waals surface area contributed by atoms with Gasteiger partial charge in [0.1, 0.15) is 6.54 Å². The van der Waals surface area contributed by atoms with E-state index in [0.717, 1.165) is 10.8 Å². The van der Waals surface area contributed by atoms with E-state index >= 15 is 0 Å². The number of hydrogen-bond acceptors (Lipinski definition) is 4. The molecular weight excluding hydrogens is 400 g/mol. The summed E-state index contributed by atoms with van der Waals surface area (Å²) < 4.78 is 6.77. The molecular formula is C19H15BrN2O4. The maximum absolute atomic E-state index is 12.4. The number of hydrogen-bond donors (Lipinski definition) is 1. The van der Waals surface area contributed by atoms with Gasteiger partial charge in [-0.05, 0) is 44.9 Å². The number of amides is 1. The van der Waals surface area contributed by atoms with Crippen LogP contribution in [-0.2, 0) is 16.1 Å². The molecule has 0 aliphatic carbocycles. The Morgan fingerprint density at radius 1 is 1.12 bits per heavy atom. The summed E-state index contributed by atoms with van der Waals surface area (Å²) in [6, 6.07) is 13.8. The van der Waals surface area contributed by atoms with Crippen LogP contribution in [0, 0.1) is 0 Å². The Balaban J connectivity index is 1.93. The van der Waals surface area contributed by atoms with Crippen LogP contribution in [0.15, 0.2) is 64.0 Å². The van der Waals surface area contributed by atoms with Gasteiger partial charge >= 0.3 is 5.97 Å². The first-order valence-corrected chi connectivity index (χ1v) is 8.54. The molecule has 1 heterocycles. The monoisotopic (exact) mass is 414 g/mol. The standard InChI is InChI=1S/C19H15BrN2O4/c1-26-19(25)15-8-12-4-2-3-5-13(12)9-16(15)21-17(23)11-22-10-14(20)6-7-18(22)24/h2-10H,11H2,1H3,(H,21,23). The summed E-state index contributed by atoms with van der Waals surface area (Å²) in [5.41, 5.74) is 0.291. The van der Waals surface area contributed by atoms with Crippen molar-refractivity contribution < 1.29 is 14.3 Å². The molecule has 1 aromatic heterocycles. The third-order valence-corrected chi connectivity index (χ3v) is 4.30. The van der Waals surface area contributed by atoms with E-state index in [0.29, 0.717) is 10.2 Å². The van der Waals surface area contributed by atoms with E-state index in [1.807, 2.05) is 24.3 Å². The van der Waals surface area contributed by atoms with Crippen LogP contribution < -0.4 is 10.9 Å². The van der Waals surface area contributed by atoms with Crippen LogP contribution in [0.5, 0.6) is 0 Å². The van der Waals surface area contributed by atoms with Crippen molar-refractivity contribution in [3.05, 3.63) is 75.1 Å². The Bertz CT molecular complexity index is 1060. The minimum absolute atomic E-state index is 0.175. The van der Waals surface area contributed by atoms with Crippen molar-refractivity contribution >= 4 is 44.3 Å². The molecule has 6 nitrogen and oxygen atoms in total. The highest BCUT2D eigenvalue weighted by atomic mass is 79.9.